The Kier molecular flexibility index (Phi) is 4.62. The second-order valence-corrected chi connectivity index (χ2v) is 6.90. The lowest BCUT2D eigenvalue weighted by atomic mass is 9.98. The number of hydrogen-bond donors (Lipinski definition) is 0. The first kappa shape index (κ1) is 17.3. The number of hydrogen-bond acceptors (Lipinski definition) is 5. The smallest absolute Gasteiger partial charge is 0.267 e. The van der Waals surface area contributed by atoms with E-state index in [4.69, 9.17) is 9.36 Å². The van der Waals surface area contributed by atoms with E-state index in [2.05, 4.69) is 34.6 Å². The van der Waals surface area contributed by atoms with Crippen molar-refractivity contribution in [2.24, 2.45) is 5.16 Å². The van der Waals surface area contributed by atoms with E-state index < -0.39 is 6.10 Å². The van der Waals surface area contributed by atoms with Crippen LogP contribution in [0.15, 0.2) is 58.2 Å². The molecule has 4 rings (SSSR count). The van der Waals surface area contributed by atoms with Gasteiger partial charge in [-0.1, -0.05) is 52.8 Å². The number of aromatic nitrogens is 1. The predicted molar refractivity (Wildman–Crippen MR) is 102 cm³/mol. The minimum absolute atomic E-state index is 0.110. The minimum atomic E-state index is -0.580. The van der Waals surface area contributed by atoms with E-state index in [-0.39, 0.29) is 5.91 Å². The van der Waals surface area contributed by atoms with Crippen LogP contribution in [0.1, 0.15) is 23.4 Å². The molecule has 6 heteroatoms. The minimum Gasteiger partial charge on any atom is -0.382 e. The maximum Gasteiger partial charge on any atom is 0.267 e. The summed E-state index contributed by atoms with van der Waals surface area (Å²) in [7, 11) is 1.73. The number of aryl methyl sites for hydroxylation is 1. The van der Waals surface area contributed by atoms with Crippen LogP contribution in [0.5, 0.6) is 0 Å². The van der Waals surface area contributed by atoms with Gasteiger partial charge in [-0.2, -0.15) is 0 Å². The van der Waals surface area contributed by atoms with Gasteiger partial charge < -0.3 is 14.3 Å². The lowest BCUT2D eigenvalue weighted by Gasteiger charge is -2.18. The zero-order valence-electron chi connectivity index (χ0n) is 15.4. The number of rotatable bonds is 5. The van der Waals surface area contributed by atoms with Crippen LogP contribution in [-0.2, 0) is 22.6 Å². The van der Waals surface area contributed by atoms with Crippen LogP contribution in [0.25, 0.3) is 10.8 Å². The number of nitrogens with zero attached hydrogens (tertiary/aromatic N) is 3. The highest BCUT2D eigenvalue weighted by atomic mass is 16.6. The van der Waals surface area contributed by atoms with Gasteiger partial charge in [-0.15, -0.1) is 0 Å². The highest BCUT2D eigenvalue weighted by Crippen LogP contribution is 2.22. The summed E-state index contributed by atoms with van der Waals surface area (Å²) in [5.41, 5.74) is 2.87. The molecule has 2 heterocycles. The summed E-state index contributed by atoms with van der Waals surface area (Å²) < 4.78 is 5.18. The normalized spacial score (nSPS) is 16.2. The molecule has 138 valence electrons. The maximum atomic E-state index is 12.6. The van der Waals surface area contributed by atoms with Crippen LogP contribution >= 0.6 is 0 Å². The molecule has 1 amide bonds. The number of amides is 1. The van der Waals surface area contributed by atoms with E-state index in [1.54, 1.807) is 11.9 Å². The van der Waals surface area contributed by atoms with E-state index in [0.29, 0.717) is 25.1 Å². The van der Waals surface area contributed by atoms with E-state index in [1.165, 1.54) is 16.3 Å². The standard InChI is InChI=1S/C21H21N3O3/c1-14-10-18(26-22-14)13-24(2)21(25)20-12-17(23-27-20)11-16-8-5-7-15-6-3-4-9-19(15)16/h3-10,20H,11-13H2,1-2H3. The summed E-state index contributed by atoms with van der Waals surface area (Å²) >= 11 is 0. The van der Waals surface area contributed by atoms with Crippen LogP contribution in [0.4, 0.5) is 0 Å². The molecule has 6 nitrogen and oxygen atoms in total. The van der Waals surface area contributed by atoms with Gasteiger partial charge in [0, 0.05) is 26.0 Å². The van der Waals surface area contributed by atoms with Gasteiger partial charge in [0.05, 0.1) is 18.0 Å². The average molecular weight is 363 g/mol. The molecule has 3 aromatic rings. The summed E-state index contributed by atoms with van der Waals surface area (Å²) in [4.78, 5) is 19.6. The topological polar surface area (TPSA) is 67.9 Å². The Balaban J connectivity index is 1.39. The van der Waals surface area contributed by atoms with E-state index >= 15 is 0 Å². The summed E-state index contributed by atoms with van der Waals surface area (Å²) in [6, 6.07) is 16.3. The Hall–Kier alpha value is -3.15. The van der Waals surface area contributed by atoms with Crippen molar-refractivity contribution in [3.05, 3.63) is 65.5 Å². The Morgan fingerprint density at radius 1 is 1.22 bits per heavy atom. The third-order valence-corrected chi connectivity index (χ3v) is 4.73. The van der Waals surface area contributed by atoms with Crippen molar-refractivity contribution in [1.82, 2.24) is 10.1 Å². The lowest BCUT2D eigenvalue weighted by Crippen LogP contribution is -2.36. The fraction of sp³-hybridized carbons (Fsp3) is 0.286. The molecular weight excluding hydrogens is 342 g/mol. The monoisotopic (exact) mass is 363 g/mol. The second-order valence-electron chi connectivity index (χ2n) is 6.90. The molecule has 0 N–H and O–H groups in total. The van der Waals surface area contributed by atoms with Crippen LogP contribution in [0, 0.1) is 6.92 Å². The molecule has 2 aromatic carbocycles. The summed E-state index contributed by atoms with van der Waals surface area (Å²) in [5.74, 6) is 0.541. The van der Waals surface area contributed by atoms with Gasteiger partial charge >= 0.3 is 0 Å². The maximum absolute atomic E-state index is 12.6. The zero-order chi connectivity index (χ0) is 18.8. The number of carbonyl (C=O) groups is 1. The molecule has 0 radical (unpaired) electrons. The summed E-state index contributed by atoms with van der Waals surface area (Å²) in [6.45, 7) is 2.21. The van der Waals surface area contributed by atoms with Gasteiger partial charge in [0.25, 0.3) is 5.91 Å². The van der Waals surface area contributed by atoms with Gasteiger partial charge in [0.2, 0.25) is 6.10 Å². The second kappa shape index (κ2) is 7.23. The third kappa shape index (κ3) is 3.69. The van der Waals surface area contributed by atoms with Crippen LogP contribution < -0.4 is 0 Å². The Morgan fingerprint density at radius 3 is 2.85 bits per heavy atom. The Labute approximate surface area is 157 Å². The third-order valence-electron chi connectivity index (χ3n) is 4.73. The van der Waals surface area contributed by atoms with Crippen molar-refractivity contribution >= 4 is 22.4 Å². The quantitative estimate of drug-likeness (QED) is 0.696. The van der Waals surface area contributed by atoms with Crippen LogP contribution in [0.2, 0.25) is 0 Å². The highest BCUT2D eigenvalue weighted by molar-refractivity contribution is 5.96. The number of oxime groups is 1. The molecule has 0 bridgehead atoms. The van der Waals surface area contributed by atoms with Crippen molar-refractivity contribution in [1.29, 1.82) is 0 Å². The zero-order valence-corrected chi connectivity index (χ0v) is 15.4. The first-order chi connectivity index (χ1) is 13.1. The lowest BCUT2D eigenvalue weighted by molar-refractivity contribution is -0.141. The largest absolute Gasteiger partial charge is 0.382 e. The molecule has 0 fully saturated rings. The van der Waals surface area contributed by atoms with Crippen molar-refractivity contribution in [3.8, 4) is 0 Å². The predicted octanol–water partition coefficient (Wildman–Crippen LogP) is 3.48. The number of fused-ring (bicyclic) bond motifs is 1. The number of likely N-dealkylation sites (N-methyl/N-ethyl adjacent to an activating group) is 1. The molecule has 0 saturated heterocycles. The van der Waals surface area contributed by atoms with Crippen molar-refractivity contribution in [3.63, 3.8) is 0 Å². The van der Waals surface area contributed by atoms with Crippen molar-refractivity contribution in [2.75, 3.05) is 7.05 Å². The van der Waals surface area contributed by atoms with Gasteiger partial charge in [0.1, 0.15) is 0 Å². The van der Waals surface area contributed by atoms with Gasteiger partial charge in [-0.3, -0.25) is 4.79 Å². The molecule has 1 aliphatic heterocycles. The first-order valence-electron chi connectivity index (χ1n) is 8.95. The fourth-order valence-corrected chi connectivity index (χ4v) is 3.38. The van der Waals surface area contributed by atoms with Crippen molar-refractivity contribution in [2.45, 2.75) is 32.4 Å². The fourth-order valence-electron chi connectivity index (χ4n) is 3.38. The molecule has 1 unspecified atom stereocenters. The molecule has 0 aliphatic carbocycles. The summed E-state index contributed by atoms with van der Waals surface area (Å²) in [6.07, 6.45) is 0.599. The average Bonchev–Trinajstić information content (AvgIpc) is 3.30. The van der Waals surface area contributed by atoms with E-state index in [0.717, 1.165) is 11.4 Å². The van der Waals surface area contributed by atoms with Gasteiger partial charge in [-0.05, 0) is 23.3 Å². The van der Waals surface area contributed by atoms with Crippen LogP contribution in [-0.4, -0.2) is 34.8 Å². The number of benzene rings is 2. The Bertz CT molecular complexity index is 1000. The molecule has 0 saturated carbocycles. The molecular formula is C21H21N3O3. The SMILES string of the molecule is Cc1cc(CN(C)C(=O)C2CC(Cc3cccc4ccccc34)=NO2)on1. The molecule has 1 atom stereocenters. The van der Waals surface area contributed by atoms with Gasteiger partial charge in [-0.25, -0.2) is 0 Å². The van der Waals surface area contributed by atoms with E-state index in [1.807, 2.05) is 31.2 Å². The molecule has 0 spiro atoms. The summed E-state index contributed by atoms with van der Waals surface area (Å²) in [5, 5.41) is 10.4. The Morgan fingerprint density at radius 2 is 2.04 bits per heavy atom. The molecule has 1 aromatic heterocycles. The van der Waals surface area contributed by atoms with Gasteiger partial charge in [0.15, 0.2) is 5.76 Å². The van der Waals surface area contributed by atoms with Crippen molar-refractivity contribution < 1.29 is 14.2 Å². The van der Waals surface area contributed by atoms with E-state index in [9.17, 15) is 4.79 Å². The first-order valence-corrected chi connectivity index (χ1v) is 8.95. The highest BCUT2D eigenvalue weighted by Gasteiger charge is 2.31. The molecule has 1 aliphatic rings. The number of carbonyl (C=O) groups excluding carboxylic acids is 1. The molecule has 27 heavy (non-hydrogen) atoms. The van der Waals surface area contributed by atoms with Crippen LogP contribution in [0.3, 0.4) is 0 Å².